The Hall–Kier alpha value is -1.11. The summed E-state index contributed by atoms with van der Waals surface area (Å²) in [5.74, 6) is 1.51. The lowest BCUT2D eigenvalue weighted by Crippen LogP contribution is -2.46. The third-order valence-corrected chi connectivity index (χ3v) is 4.81. The number of benzene rings is 1. The van der Waals surface area contributed by atoms with Gasteiger partial charge in [0, 0.05) is 24.7 Å². The number of nitrogens with one attached hydrogen (secondary N) is 2. The van der Waals surface area contributed by atoms with Gasteiger partial charge in [-0.2, -0.15) is 11.8 Å². The highest BCUT2D eigenvalue weighted by Gasteiger charge is 2.29. The van der Waals surface area contributed by atoms with Crippen LogP contribution in [-0.2, 0) is 4.79 Å². The number of thioether (sulfide) groups is 1. The minimum absolute atomic E-state index is 0.0287. The highest BCUT2D eigenvalue weighted by molar-refractivity contribution is 7.99. The van der Waals surface area contributed by atoms with E-state index in [4.69, 9.17) is 0 Å². The first-order chi connectivity index (χ1) is 10.5. The summed E-state index contributed by atoms with van der Waals surface area (Å²) in [4.78, 5) is 11.9. The SMILES string of the molecule is CC(CC(=O)Nc1ccc(F)cc1)NCC1(O)CCSCC1. The standard InChI is InChI=1S/C16H23FN2O2S/c1-12(18-11-16(21)6-8-22-9-7-16)10-15(20)19-14-4-2-13(17)3-5-14/h2-5,12,18,21H,6-11H2,1H3,(H,19,20). The summed E-state index contributed by atoms with van der Waals surface area (Å²) in [5.41, 5.74) is -0.0611. The van der Waals surface area contributed by atoms with Crippen LogP contribution in [-0.4, -0.2) is 40.7 Å². The minimum atomic E-state index is -0.646. The summed E-state index contributed by atoms with van der Waals surface area (Å²) < 4.78 is 12.8. The Morgan fingerprint density at radius 3 is 2.64 bits per heavy atom. The van der Waals surface area contributed by atoms with Crippen molar-refractivity contribution in [3.05, 3.63) is 30.1 Å². The Bertz CT molecular complexity index is 489. The molecule has 1 atom stereocenters. The Morgan fingerprint density at radius 2 is 2.00 bits per heavy atom. The van der Waals surface area contributed by atoms with E-state index in [9.17, 15) is 14.3 Å². The molecule has 22 heavy (non-hydrogen) atoms. The molecule has 0 aromatic heterocycles. The molecule has 1 fully saturated rings. The maximum atomic E-state index is 12.8. The van der Waals surface area contributed by atoms with E-state index < -0.39 is 5.60 Å². The summed E-state index contributed by atoms with van der Waals surface area (Å²) >= 11 is 1.87. The van der Waals surface area contributed by atoms with Gasteiger partial charge in [0.1, 0.15) is 5.82 Å². The van der Waals surface area contributed by atoms with E-state index in [1.807, 2.05) is 18.7 Å². The fourth-order valence-corrected chi connectivity index (χ4v) is 3.64. The summed E-state index contributed by atoms with van der Waals surface area (Å²) in [6.07, 6.45) is 1.89. The van der Waals surface area contributed by atoms with Crippen LogP contribution in [0, 0.1) is 5.82 Å². The Morgan fingerprint density at radius 1 is 1.36 bits per heavy atom. The van der Waals surface area contributed by atoms with Crippen LogP contribution in [0.15, 0.2) is 24.3 Å². The van der Waals surface area contributed by atoms with Crippen molar-refractivity contribution >= 4 is 23.4 Å². The van der Waals surface area contributed by atoms with Gasteiger partial charge < -0.3 is 15.7 Å². The second kappa shape index (κ2) is 7.94. The monoisotopic (exact) mass is 326 g/mol. The first-order valence-corrected chi connectivity index (χ1v) is 8.71. The molecule has 1 aliphatic rings. The summed E-state index contributed by atoms with van der Waals surface area (Å²) in [7, 11) is 0. The molecule has 1 unspecified atom stereocenters. The van der Waals surface area contributed by atoms with Gasteiger partial charge in [-0.15, -0.1) is 0 Å². The second-order valence-electron chi connectivity index (χ2n) is 5.88. The van der Waals surface area contributed by atoms with Crippen LogP contribution in [0.1, 0.15) is 26.2 Å². The summed E-state index contributed by atoms with van der Waals surface area (Å²) in [5, 5.41) is 16.4. The molecule has 2 rings (SSSR count). The fraction of sp³-hybridized carbons (Fsp3) is 0.562. The Kier molecular flexibility index (Phi) is 6.23. The maximum absolute atomic E-state index is 12.8. The molecule has 0 bridgehead atoms. The third-order valence-electron chi connectivity index (χ3n) is 3.82. The van der Waals surface area contributed by atoms with Crippen molar-refractivity contribution in [3.63, 3.8) is 0 Å². The zero-order chi connectivity index (χ0) is 16.0. The molecule has 3 N–H and O–H groups in total. The van der Waals surface area contributed by atoms with E-state index in [0.29, 0.717) is 18.7 Å². The number of carbonyl (C=O) groups is 1. The first-order valence-electron chi connectivity index (χ1n) is 7.56. The highest BCUT2D eigenvalue weighted by atomic mass is 32.2. The predicted molar refractivity (Wildman–Crippen MR) is 88.6 cm³/mol. The molecule has 0 aliphatic carbocycles. The molecule has 0 saturated carbocycles. The molecule has 1 aromatic rings. The number of halogens is 1. The number of aliphatic hydroxyl groups is 1. The van der Waals surface area contributed by atoms with Gasteiger partial charge in [0.05, 0.1) is 5.60 Å². The summed E-state index contributed by atoms with van der Waals surface area (Å²) in [6, 6.07) is 5.67. The molecular formula is C16H23FN2O2S. The lowest BCUT2D eigenvalue weighted by atomic mass is 9.96. The van der Waals surface area contributed by atoms with Crippen molar-refractivity contribution in [2.24, 2.45) is 0 Å². The zero-order valence-corrected chi connectivity index (χ0v) is 13.6. The fourth-order valence-electron chi connectivity index (χ4n) is 2.39. The number of amides is 1. The largest absolute Gasteiger partial charge is 0.389 e. The average molecular weight is 326 g/mol. The first kappa shape index (κ1) is 17.2. The quantitative estimate of drug-likeness (QED) is 0.751. The normalized spacial score (nSPS) is 18.7. The molecule has 1 heterocycles. The van der Waals surface area contributed by atoms with Crippen LogP contribution >= 0.6 is 11.8 Å². The predicted octanol–water partition coefficient (Wildman–Crippen LogP) is 2.39. The lowest BCUT2D eigenvalue weighted by Gasteiger charge is -2.33. The van der Waals surface area contributed by atoms with E-state index >= 15 is 0 Å². The summed E-state index contributed by atoms with van der Waals surface area (Å²) in [6.45, 7) is 2.43. The lowest BCUT2D eigenvalue weighted by molar-refractivity contribution is -0.116. The zero-order valence-electron chi connectivity index (χ0n) is 12.8. The molecule has 1 amide bonds. The molecule has 1 aromatic carbocycles. The van der Waals surface area contributed by atoms with E-state index in [-0.39, 0.29) is 17.8 Å². The molecule has 0 spiro atoms. The number of hydrogen-bond donors (Lipinski definition) is 3. The molecular weight excluding hydrogens is 303 g/mol. The van der Waals surface area contributed by atoms with Crippen LogP contribution in [0.25, 0.3) is 0 Å². The van der Waals surface area contributed by atoms with Gasteiger partial charge in [-0.25, -0.2) is 4.39 Å². The Labute approximate surface area is 134 Å². The number of anilines is 1. The van der Waals surface area contributed by atoms with Gasteiger partial charge in [0.15, 0.2) is 0 Å². The Balaban J connectivity index is 1.72. The van der Waals surface area contributed by atoms with Crippen molar-refractivity contribution in [1.29, 1.82) is 0 Å². The second-order valence-corrected chi connectivity index (χ2v) is 7.10. The van der Waals surface area contributed by atoms with Crippen molar-refractivity contribution in [2.75, 3.05) is 23.4 Å². The van der Waals surface area contributed by atoms with Gasteiger partial charge in [-0.1, -0.05) is 0 Å². The van der Waals surface area contributed by atoms with Crippen LogP contribution in [0.2, 0.25) is 0 Å². The van der Waals surface area contributed by atoms with Crippen LogP contribution in [0.3, 0.4) is 0 Å². The topological polar surface area (TPSA) is 61.4 Å². The molecule has 122 valence electrons. The van der Waals surface area contributed by atoms with Crippen molar-refractivity contribution in [1.82, 2.24) is 5.32 Å². The highest BCUT2D eigenvalue weighted by Crippen LogP contribution is 2.26. The van der Waals surface area contributed by atoms with Gasteiger partial charge in [-0.3, -0.25) is 4.79 Å². The van der Waals surface area contributed by atoms with E-state index in [1.165, 1.54) is 24.3 Å². The van der Waals surface area contributed by atoms with Crippen LogP contribution < -0.4 is 10.6 Å². The smallest absolute Gasteiger partial charge is 0.225 e. The van der Waals surface area contributed by atoms with E-state index in [2.05, 4.69) is 10.6 Å². The molecule has 1 aliphatic heterocycles. The van der Waals surface area contributed by atoms with Crippen molar-refractivity contribution in [3.8, 4) is 0 Å². The van der Waals surface area contributed by atoms with Crippen LogP contribution in [0.4, 0.5) is 10.1 Å². The number of carbonyl (C=O) groups excluding carboxylic acids is 1. The van der Waals surface area contributed by atoms with Crippen molar-refractivity contribution in [2.45, 2.75) is 37.8 Å². The van der Waals surface area contributed by atoms with Gasteiger partial charge in [-0.05, 0) is 55.5 Å². The van der Waals surface area contributed by atoms with Gasteiger partial charge in [0.25, 0.3) is 0 Å². The number of hydrogen-bond acceptors (Lipinski definition) is 4. The maximum Gasteiger partial charge on any atom is 0.225 e. The average Bonchev–Trinajstić information content (AvgIpc) is 2.48. The van der Waals surface area contributed by atoms with E-state index in [0.717, 1.165) is 24.3 Å². The van der Waals surface area contributed by atoms with Crippen LogP contribution in [0.5, 0.6) is 0 Å². The van der Waals surface area contributed by atoms with Crippen molar-refractivity contribution < 1.29 is 14.3 Å². The molecule has 1 saturated heterocycles. The molecule has 0 radical (unpaired) electrons. The third kappa shape index (κ3) is 5.59. The molecule has 4 nitrogen and oxygen atoms in total. The minimum Gasteiger partial charge on any atom is -0.389 e. The molecule has 6 heteroatoms. The number of rotatable bonds is 6. The van der Waals surface area contributed by atoms with E-state index in [1.54, 1.807) is 0 Å². The van der Waals surface area contributed by atoms with Gasteiger partial charge in [0.2, 0.25) is 5.91 Å². The van der Waals surface area contributed by atoms with Gasteiger partial charge >= 0.3 is 0 Å².